The van der Waals surface area contributed by atoms with Gasteiger partial charge in [-0.25, -0.2) is 14.4 Å². The second-order valence-electron chi connectivity index (χ2n) is 9.91. The fourth-order valence-electron chi connectivity index (χ4n) is 5.26. The number of H-pyrrole nitrogens is 1. The fourth-order valence-corrected chi connectivity index (χ4v) is 5.26. The molecule has 0 spiro atoms. The Balaban J connectivity index is 1.52. The number of nitrogens with zero attached hydrogens (tertiary/aromatic N) is 4. The van der Waals surface area contributed by atoms with Gasteiger partial charge in [-0.3, -0.25) is 19.0 Å². The van der Waals surface area contributed by atoms with Crippen LogP contribution in [0, 0.1) is 18.7 Å². The maximum Gasteiger partial charge on any atom is 0.311 e. The molecule has 2 amide bonds. The molecule has 188 valence electrons. The number of benzene rings is 1. The van der Waals surface area contributed by atoms with E-state index >= 15 is 0 Å². The first-order chi connectivity index (χ1) is 17.1. The Morgan fingerprint density at radius 2 is 2.14 bits per heavy atom. The van der Waals surface area contributed by atoms with Crippen LogP contribution in [0.2, 0.25) is 0 Å². The molecule has 1 saturated carbocycles. The minimum absolute atomic E-state index is 0.0225. The number of carbonyl (C=O) groups is 2. The molecule has 10 nitrogen and oxygen atoms in total. The van der Waals surface area contributed by atoms with Crippen LogP contribution in [0.5, 0.6) is 5.75 Å². The molecular weight excluding hydrogens is 467 g/mol. The molecular formula is C25H27FN6O4. The van der Waals surface area contributed by atoms with E-state index in [1.54, 1.807) is 25.3 Å². The molecule has 0 saturated heterocycles. The molecule has 0 radical (unpaired) electrons. The largest absolute Gasteiger partial charge is 0.501 e. The summed E-state index contributed by atoms with van der Waals surface area (Å²) in [6.45, 7) is 2.07. The van der Waals surface area contributed by atoms with Gasteiger partial charge < -0.3 is 20.3 Å². The summed E-state index contributed by atoms with van der Waals surface area (Å²) in [5, 5.41) is 13.6. The van der Waals surface area contributed by atoms with E-state index in [-0.39, 0.29) is 23.3 Å². The van der Waals surface area contributed by atoms with E-state index in [0.29, 0.717) is 42.9 Å². The van der Waals surface area contributed by atoms with Crippen molar-refractivity contribution in [3.63, 3.8) is 0 Å². The highest BCUT2D eigenvalue weighted by molar-refractivity contribution is 6.35. The number of nitrogens with one attached hydrogen (secondary N) is 2. The minimum atomic E-state index is -0.992. The number of aryl methyl sites for hydroxylation is 1. The average Bonchev–Trinajstić information content (AvgIpc) is 3.43. The molecule has 2 atom stereocenters. The lowest BCUT2D eigenvalue weighted by Crippen LogP contribution is -2.54. The quantitative estimate of drug-likeness (QED) is 0.472. The van der Waals surface area contributed by atoms with E-state index < -0.39 is 28.7 Å². The number of rotatable bonds is 4. The van der Waals surface area contributed by atoms with Gasteiger partial charge in [-0.2, -0.15) is 0 Å². The highest BCUT2D eigenvalue weighted by Crippen LogP contribution is 2.46. The van der Waals surface area contributed by atoms with Crippen LogP contribution in [-0.4, -0.2) is 55.4 Å². The number of likely N-dealkylation sites (N-methyl/N-ethyl adjacent to an activating group) is 1. The number of hydrogen-bond donors (Lipinski definition) is 3. The van der Waals surface area contributed by atoms with Crippen LogP contribution in [0.4, 0.5) is 4.39 Å². The highest BCUT2D eigenvalue weighted by Gasteiger charge is 2.50. The van der Waals surface area contributed by atoms with Crippen LogP contribution in [0.1, 0.15) is 41.9 Å². The lowest BCUT2D eigenvalue weighted by Gasteiger charge is -2.36. The van der Waals surface area contributed by atoms with Gasteiger partial charge in [0.1, 0.15) is 11.6 Å². The van der Waals surface area contributed by atoms with Crippen molar-refractivity contribution in [2.45, 2.75) is 44.7 Å². The van der Waals surface area contributed by atoms with Crippen LogP contribution in [0.25, 0.3) is 11.5 Å². The third-order valence-electron chi connectivity index (χ3n) is 7.05. The van der Waals surface area contributed by atoms with Crippen LogP contribution >= 0.6 is 0 Å². The molecule has 1 aliphatic carbocycles. The van der Waals surface area contributed by atoms with Crippen molar-refractivity contribution in [2.24, 2.45) is 5.92 Å². The number of hydrogen-bond acceptors (Lipinski definition) is 6. The van der Waals surface area contributed by atoms with Crippen LogP contribution in [0.3, 0.4) is 0 Å². The highest BCUT2D eigenvalue weighted by atomic mass is 19.1. The fraction of sp³-hybridized carbons (Fsp3) is 0.400. The molecule has 1 aromatic carbocycles. The number of fused-ring (bicyclic) bond motifs is 4. The molecule has 36 heavy (non-hydrogen) atoms. The number of aromatic hydroxyl groups is 1. The zero-order chi connectivity index (χ0) is 25.8. The van der Waals surface area contributed by atoms with Crippen molar-refractivity contribution in [2.75, 3.05) is 14.1 Å². The zero-order valence-electron chi connectivity index (χ0n) is 20.3. The number of aromatic nitrogens is 4. The van der Waals surface area contributed by atoms with E-state index in [4.69, 9.17) is 0 Å². The predicted octanol–water partition coefficient (Wildman–Crippen LogP) is 1.59. The van der Waals surface area contributed by atoms with Gasteiger partial charge in [-0.05, 0) is 49.3 Å². The Morgan fingerprint density at radius 1 is 1.36 bits per heavy atom. The number of amides is 2. The van der Waals surface area contributed by atoms with Crippen molar-refractivity contribution in [3.8, 4) is 17.3 Å². The lowest BCUT2D eigenvalue weighted by molar-refractivity contribution is -0.145. The number of aromatic amines is 1. The van der Waals surface area contributed by atoms with Crippen molar-refractivity contribution in [1.82, 2.24) is 29.7 Å². The van der Waals surface area contributed by atoms with Gasteiger partial charge in [0.25, 0.3) is 5.56 Å². The summed E-state index contributed by atoms with van der Waals surface area (Å²) in [7, 11) is 2.99. The summed E-state index contributed by atoms with van der Waals surface area (Å²) >= 11 is 0. The van der Waals surface area contributed by atoms with Gasteiger partial charge in [-0.15, -0.1) is 0 Å². The number of imidazole rings is 1. The van der Waals surface area contributed by atoms with Gasteiger partial charge in [0, 0.05) is 39.0 Å². The second-order valence-corrected chi connectivity index (χ2v) is 9.91. The lowest BCUT2D eigenvalue weighted by atomic mass is 9.90. The maximum atomic E-state index is 13.6. The summed E-state index contributed by atoms with van der Waals surface area (Å²) in [6.07, 6.45) is 3.83. The zero-order valence-corrected chi connectivity index (χ0v) is 20.3. The van der Waals surface area contributed by atoms with Crippen molar-refractivity contribution in [3.05, 3.63) is 63.2 Å². The second kappa shape index (κ2) is 8.58. The van der Waals surface area contributed by atoms with Crippen molar-refractivity contribution < 1.29 is 19.1 Å². The molecule has 5 rings (SSSR count). The Bertz CT molecular complexity index is 1440. The smallest absolute Gasteiger partial charge is 0.311 e. The van der Waals surface area contributed by atoms with E-state index in [1.165, 1.54) is 29.6 Å². The maximum absolute atomic E-state index is 13.6. The Morgan fingerprint density at radius 3 is 2.86 bits per heavy atom. The monoisotopic (exact) mass is 494 g/mol. The minimum Gasteiger partial charge on any atom is -0.501 e. The summed E-state index contributed by atoms with van der Waals surface area (Å²) < 4.78 is 15.0. The molecule has 3 aromatic rings. The topological polar surface area (TPSA) is 133 Å². The normalized spacial score (nSPS) is 20.2. The molecule has 1 fully saturated rings. The molecule has 1 aliphatic heterocycles. The average molecular weight is 495 g/mol. The van der Waals surface area contributed by atoms with Gasteiger partial charge in [-0.1, -0.05) is 12.1 Å². The van der Waals surface area contributed by atoms with Gasteiger partial charge in [0.2, 0.25) is 5.75 Å². The molecule has 2 aliphatic rings. The number of halogens is 1. The van der Waals surface area contributed by atoms with Gasteiger partial charge >= 0.3 is 11.8 Å². The van der Waals surface area contributed by atoms with Crippen LogP contribution < -0.4 is 10.9 Å². The third-order valence-corrected chi connectivity index (χ3v) is 7.05. The molecule has 2 bridgehead atoms. The summed E-state index contributed by atoms with van der Waals surface area (Å²) in [5.41, 5.74) is 0.460. The standard InChI is InChI=1S/C25H27FN6O4/c1-13-8-14(4-5-17(13)26)9-16-11-27-20(28-16)18-19(33)22(35)32-12-15-6-7-25(10-15,24(32)29-18)30-21(34)23(36)31(2)3/h4-5,8,11,15,33H,6-7,9-10,12H2,1-3H3,(H,27,28)(H,30,34). The van der Waals surface area contributed by atoms with Crippen molar-refractivity contribution in [1.29, 1.82) is 0 Å². The predicted molar refractivity (Wildman–Crippen MR) is 128 cm³/mol. The molecule has 2 unspecified atom stereocenters. The Hall–Kier alpha value is -4.02. The first-order valence-electron chi connectivity index (χ1n) is 11.8. The van der Waals surface area contributed by atoms with Crippen molar-refractivity contribution >= 4 is 11.8 Å². The Labute approximate surface area is 206 Å². The van der Waals surface area contributed by atoms with Gasteiger partial charge in [0.15, 0.2) is 11.5 Å². The molecule has 3 N–H and O–H groups in total. The first-order valence-corrected chi connectivity index (χ1v) is 11.8. The molecule has 3 heterocycles. The number of carbonyl (C=O) groups excluding carboxylic acids is 2. The van der Waals surface area contributed by atoms with Gasteiger partial charge in [0.05, 0.1) is 5.54 Å². The van der Waals surface area contributed by atoms with Crippen LogP contribution in [0.15, 0.2) is 29.2 Å². The van der Waals surface area contributed by atoms with E-state index in [2.05, 4.69) is 20.3 Å². The van der Waals surface area contributed by atoms with E-state index in [1.807, 2.05) is 0 Å². The van der Waals surface area contributed by atoms with E-state index in [0.717, 1.165) is 12.0 Å². The SMILES string of the molecule is Cc1cc(Cc2cnc(-c3nc4n(c(=O)c3O)CC3CCC4(NC(=O)C(=O)N(C)C)C3)[nH]2)ccc1F. The summed E-state index contributed by atoms with van der Waals surface area (Å²) in [4.78, 5) is 51.3. The van der Waals surface area contributed by atoms with Crippen LogP contribution in [-0.2, 0) is 28.1 Å². The summed E-state index contributed by atoms with van der Waals surface area (Å²) in [6, 6.07) is 4.83. The Kier molecular flexibility index (Phi) is 5.65. The van der Waals surface area contributed by atoms with E-state index in [9.17, 15) is 23.9 Å². The molecule has 11 heteroatoms. The third kappa shape index (κ3) is 3.94. The summed E-state index contributed by atoms with van der Waals surface area (Å²) in [5.74, 6) is -1.66. The molecule has 2 aromatic heterocycles. The first kappa shape index (κ1) is 23.7.